The summed E-state index contributed by atoms with van der Waals surface area (Å²) in [5, 5.41) is 0.618. The van der Waals surface area contributed by atoms with E-state index in [1.165, 1.54) is 18.7 Å². The highest BCUT2D eigenvalue weighted by Crippen LogP contribution is 2.15. The summed E-state index contributed by atoms with van der Waals surface area (Å²) >= 11 is 1.41. The van der Waals surface area contributed by atoms with Gasteiger partial charge in [0.25, 0.3) is 0 Å². The number of alkyl halides is 1. The quantitative estimate of drug-likeness (QED) is 0.505. The van der Waals surface area contributed by atoms with Crippen LogP contribution in [0.3, 0.4) is 0 Å². The van der Waals surface area contributed by atoms with Gasteiger partial charge < -0.3 is 0 Å². The largest absolute Gasteiger partial charge is 0.241 e. The van der Waals surface area contributed by atoms with Crippen LogP contribution in [0, 0.1) is 0 Å². The molecule has 1 aromatic rings. The van der Waals surface area contributed by atoms with Crippen molar-refractivity contribution in [3.8, 4) is 0 Å². The zero-order chi connectivity index (χ0) is 8.27. The number of thioether (sulfide) groups is 1. The minimum absolute atomic E-state index is 0.448. The topological polar surface area (TPSA) is 25.8 Å². The van der Waals surface area contributed by atoms with Gasteiger partial charge in [0.05, 0.1) is 5.69 Å². The first-order valence-electron chi connectivity index (χ1n) is 3.25. The monoisotopic (exact) mass is 172 g/mol. The van der Waals surface area contributed by atoms with Gasteiger partial charge in [-0.05, 0) is 19.2 Å². The number of hydrogen-bond donors (Lipinski definition) is 0. The molecule has 0 amide bonds. The van der Waals surface area contributed by atoms with Gasteiger partial charge in [-0.1, -0.05) is 11.8 Å². The van der Waals surface area contributed by atoms with Crippen LogP contribution in [0.15, 0.2) is 17.4 Å². The highest BCUT2D eigenvalue weighted by atomic mass is 32.2. The van der Waals surface area contributed by atoms with E-state index in [1.54, 1.807) is 12.3 Å². The Labute approximate surface area is 69.3 Å². The average molecular weight is 172 g/mol. The molecule has 0 aliphatic heterocycles. The van der Waals surface area contributed by atoms with Crippen LogP contribution in [0.4, 0.5) is 4.39 Å². The molecule has 0 N–H and O–H groups in total. The normalized spacial score (nSPS) is 13.0. The summed E-state index contributed by atoms with van der Waals surface area (Å²) < 4.78 is 12.7. The van der Waals surface area contributed by atoms with Gasteiger partial charge in [0, 0.05) is 6.20 Å². The van der Waals surface area contributed by atoms with Crippen molar-refractivity contribution < 1.29 is 4.39 Å². The van der Waals surface area contributed by atoms with Crippen molar-refractivity contribution >= 4 is 11.8 Å². The number of hydrogen-bond acceptors (Lipinski definition) is 3. The molecule has 0 fully saturated rings. The molecule has 1 heterocycles. The second-order valence-corrected chi connectivity index (χ2v) is 2.86. The van der Waals surface area contributed by atoms with Crippen LogP contribution < -0.4 is 0 Å². The highest BCUT2D eigenvalue weighted by Gasteiger charge is 2.04. The third kappa shape index (κ3) is 2.15. The molecular formula is C7H9FN2S. The van der Waals surface area contributed by atoms with Gasteiger partial charge in [-0.2, -0.15) is 0 Å². The molecule has 11 heavy (non-hydrogen) atoms. The van der Waals surface area contributed by atoms with Gasteiger partial charge >= 0.3 is 0 Å². The van der Waals surface area contributed by atoms with Crippen molar-refractivity contribution in [3.05, 3.63) is 18.0 Å². The molecule has 0 saturated heterocycles. The molecule has 0 radical (unpaired) electrons. The van der Waals surface area contributed by atoms with E-state index in [4.69, 9.17) is 0 Å². The molecular weight excluding hydrogens is 163 g/mol. The Bertz CT molecular complexity index is 240. The van der Waals surface area contributed by atoms with Crippen molar-refractivity contribution in [2.24, 2.45) is 0 Å². The summed E-state index contributed by atoms with van der Waals surface area (Å²) in [6, 6.07) is 1.59. The van der Waals surface area contributed by atoms with Crippen molar-refractivity contribution in [3.63, 3.8) is 0 Å². The minimum atomic E-state index is -1.01. The van der Waals surface area contributed by atoms with Crippen LogP contribution in [0.5, 0.6) is 0 Å². The fourth-order valence-corrected chi connectivity index (χ4v) is 1.04. The van der Waals surface area contributed by atoms with Crippen LogP contribution in [0.2, 0.25) is 0 Å². The van der Waals surface area contributed by atoms with Crippen molar-refractivity contribution in [1.29, 1.82) is 0 Å². The molecule has 1 rings (SSSR count). The third-order valence-corrected chi connectivity index (χ3v) is 1.81. The Morgan fingerprint density at radius 1 is 1.64 bits per heavy atom. The first kappa shape index (κ1) is 8.46. The van der Waals surface area contributed by atoms with E-state index >= 15 is 0 Å². The number of halogens is 1. The lowest BCUT2D eigenvalue weighted by Gasteiger charge is -2.00. The van der Waals surface area contributed by atoms with Crippen LogP contribution in [0.1, 0.15) is 18.8 Å². The van der Waals surface area contributed by atoms with Crippen molar-refractivity contribution in [1.82, 2.24) is 9.97 Å². The molecule has 0 aromatic carbocycles. The zero-order valence-corrected chi connectivity index (χ0v) is 7.23. The molecule has 0 bridgehead atoms. The molecule has 0 saturated carbocycles. The van der Waals surface area contributed by atoms with E-state index in [-0.39, 0.29) is 0 Å². The van der Waals surface area contributed by atoms with Gasteiger partial charge in [-0.25, -0.2) is 14.4 Å². The summed E-state index contributed by atoms with van der Waals surface area (Å²) in [6.45, 7) is 1.46. The molecule has 0 aliphatic carbocycles. The molecule has 1 atom stereocenters. The van der Waals surface area contributed by atoms with Crippen LogP contribution in [0.25, 0.3) is 0 Å². The highest BCUT2D eigenvalue weighted by molar-refractivity contribution is 7.98. The van der Waals surface area contributed by atoms with E-state index in [0.717, 1.165) is 0 Å². The predicted octanol–water partition coefficient (Wildman–Crippen LogP) is 2.23. The minimum Gasteiger partial charge on any atom is -0.241 e. The zero-order valence-electron chi connectivity index (χ0n) is 6.41. The van der Waals surface area contributed by atoms with Crippen molar-refractivity contribution in [2.75, 3.05) is 6.26 Å². The molecule has 1 aromatic heterocycles. The van der Waals surface area contributed by atoms with Crippen molar-refractivity contribution in [2.45, 2.75) is 18.3 Å². The SMILES string of the molecule is CSc1nccc(C(C)F)n1. The fraction of sp³-hybridized carbons (Fsp3) is 0.429. The first-order valence-corrected chi connectivity index (χ1v) is 4.47. The molecule has 60 valence electrons. The van der Waals surface area contributed by atoms with Crippen LogP contribution >= 0.6 is 11.8 Å². The lowest BCUT2D eigenvalue weighted by Crippen LogP contribution is -1.93. The fourth-order valence-electron chi connectivity index (χ4n) is 0.674. The molecule has 2 nitrogen and oxygen atoms in total. The summed E-state index contributed by atoms with van der Waals surface area (Å²) in [6.07, 6.45) is 2.43. The number of nitrogens with zero attached hydrogens (tertiary/aromatic N) is 2. The lowest BCUT2D eigenvalue weighted by molar-refractivity contribution is 0.363. The van der Waals surface area contributed by atoms with Gasteiger partial charge in [0.15, 0.2) is 5.16 Å². The second kappa shape index (κ2) is 3.67. The van der Waals surface area contributed by atoms with E-state index in [2.05, 4.69) is 9.97 Å². The summed E-state index contributed by atoms with van der Waals surface area (Å²) in [7, 11) is 0. The van der Waals surface area contributed by atoms with Gasteiger partial charge in [0.1, 0.15) is 6.17 Å². The van der Waals surface area contributed by atoms with E-state index in [9.17, 15) is 4.39 Å². The smallest absolute Gasteiger partial charge is 0.187 e. The summed E-state index contributed by atoms with van der Waals surface area (Å²) in [5.41, 5.74) is 0.448. The second-order valence-electron chi connectivity index (χ2n) is 2.08. The van der Waals surface area contributed by atoms with Gasteiger partial charge in [-0.15, -0.1) is 0 Å². The average Bonchev–Trinajstić information content (AvgIpc) is 2.05. The lowest BCUT2D eigenvalue weighted by atomic mass is 10.3. The van der Waals surface area contributed by atoms with Crippen LogP contribution in [-0.4, -0.2) is 16.2 Å². The Morgan fingerprint density at radius 2 is 2.36 bits per heavy atom. The van der Waals surface area contributed by atoms with E-state index in [1.807, 2.05) is 6.26 Å². The third-order valence-electron chi connectivity index (χ3n) is 1.25. The Kier molecular flexibility index (Phi) is 2.82. The number of rotatable bonds is 2. The maximum atomic E-state index is 12.7. The standard InChI is InChI=1S/C7H9FN2S/c1-5(8)6-3-4-9-7(10-6)11-2/h3-5H,1-2H3. The molecule has 4 heteroatoms. The number of aromatic nitrogens is 2. The van der Waals surface area contributed by atoms with Gasteiger partial charge in [-0.3, -0.25) is 0 Å². The molecule has 0 aliphatic rings. The van der Waals surface area contributed by atoms with Gasteiger partial charge in [0.2, 0.25) is 0 Å². The maximum absolute atomic E-state index is 12.7. The Balaban J connectivity index is 2.91. The van der Waals surface area contributed by atoms with E-state index < -0.39 is 6.17 Å². The Morgan fingerprint density at radius 3 is 2.91 bits per heavy atom. The summed E-state index contributed by atoms with van der Waals surface area (Å²) in [4.78, 5) is 7.89. The molecule has 0 spiro atoms. The van der Waals surface area contributed by atoms with Crippen LogP contribution in [-0.2, 0) is 0 Å². The maximum Gasteiger partial charge on any atom is 0.187 e. The summed E-state index contributed by atoms with van der Waals surface area (Å²) in [5.74, 6) is 0. The molecule has 1 unspecified atom stereocenters. The Hall–Kier alpha value is -0.640. The predicted molar refractivity (Wildman–Crippen MR) is 43.3 cm³/mol. The first-order chi connectivity index (χ1) is 5.24. The van der Waals surface area contributed by atoms with E-state index in [0.29, 0.717) is 10.9 Å².